The predicted octanol–water partition coefficient (Wildman–Crippen LogP) is 0.691. The van der Waals surface area contributed by atoms with Gasteiger partial charge in [-0.2, -0.15) is 5.10 Å². The summed E-state index contributed by atoms with van der Waals surface area (Å²) in [6.45, 7) is 7.32. The molecule has 3 heterocycles. The summed E-state index contributed by atoms with van der Waals surface area (Å²) in [5, 5.41) is 4.62. The molecule has 1 aromatic heterocycles. The van der Waals surface area contributed by atoms with E-state index in [9.17, 15) is 9.59 Å². The van der Waals surface area contributed by atoms with Gasteiger partial charge in [0.25, 0.3) is 5.56 Å². The van der Waals surface area contributed by atoms with Gasteiger partial charge in [0.1, 0.15) is 0 Å². The smallest absolute Gasteiger partial charge is 0.267 e. The third-order valence-corrected chi connectivity index (χ3v) is 6.21. The van der Waals surface area contributed by atoms with E-state index < -0.39 is 0 Å². The molecular weight excluding hydrogens is 344 g/mol. The standard InChI is InChI=1S/C20H30N4O3/c1-15(25)23-9-10-27-18(14-23)13-22-7-5-16(6-8-22)12-24-20(26)11-17-3-2-4-19(17)21-24/h11,16,18H,2-10,12-14H2,1H3. The van der Waals surface area contributed by atoms with Gasteiger partial charge in [-0.1, -0.05) is 0 Å². The second kappa shape index (κ2) is 8.10. The number of carbonyl (C=O) groups excluding carboxylic acids is 1. The average molecular weight is 374 g/mol. The highest BCUT2D eigenvalue weighted by atomic mass is 16.5. The Balaban J connectivity index is 1.27. The number of nitrogens with zero attached hydrogens (tertiary/aromatic N) is 4. The molecule has 7 nitrogen and oxygen atoms in total. The Bertz CT molecular complexity index is 739. The van der Waals surface area contributed by atoms with E-state index in [0.29, 0.717) is 25.6 Å². The Morgan fingerprint density at radius 2 is 2.04 bits per heavy atom. The van der Waals surface area contributed by atoms with E-state index in [4.69, 9.17) is 4.74 Å². The highest BCUT2D eigenvalue weighted by Crippen LogP contribution is 2.21. The lowest BCUT2D eigenvalue weighted by Gasteiger charge is -2.38. The molecule has 2 fully saturated rings. The number of rotatable bonds is 4. The second-order valence-corrected chi connectivity index (χ2v) is 8.19. The zero-order valence-electron chi connectivity index (χ0n) is 16.2. The minimum atomic E-state index is 0.0537. The van der Waals surface area contributed by atoms with Gasteiger partial charge in [-0.25, -0.2) is 4.68 Å². The van der Waals surface area contributed by atoms with Crippen LogP contribution in [0.2, 0.25) is 0 Å². The third kappa shape index (κ3) is 4.41. The van der Waals surface area contributed by atoms with Gasteiger partial charge in [0.2, 0.25) is 5.91 Å². The van der Waals surface area contributed by atoms with Crippen molar-refractivity contribution in [3.8, 4) is 0 Å². The van der Waals surface area contributed by atoms with Gasteiger partial charge in [-0.05, 0) is 56.7 Å². The Morgan fingerprint density at radius 3 is 2.81 bits per heavy atom. The maximum absolute atomic E-state index is 12.3. The molecule has 0 aromatic carbocycles. The summed E-state index contributed by atoms with van der Waals surface area (Å²) in [6, 6.07) is 1.80. The minimum Gasteiger partial charge on any atom is -0.373 e. The van der Waals surface area contributed by atoms with Gasteiger partial charge in [-0.15, -0.1) is 0 Å². The summed E-state index contributed by atoms with van der Waals surface area (Å²) in [4.78, 5) is 28.2. The van der Waals surface area contributed by atoms with Gasteiger partial charge >= 0.3 is 0 Å². The zero-order valence-corrected chi connectivity index (χ0v) is 16.2. The topological polar surface area (TPSA) is 67.7 Å². The molecule has 0 N–H and O–H groups in total. The van der Waals surface area contributed by atoms with Gasteiger partial charge in [-0.3, -0.25) is 9.59 Å². The van der Waals surface area contributed by atoms with Crippen molar-refractivity contribution < 1.29 is 9.53 Å². The molecule has 0 bridgehead atoms. The lowest BCUT2D eigenvalue weighted by molar-refractivity contribution is -0.137. The Hall–Kier alpha value is -1.73. The molecule has 148 valence electrons. The van der Waals surface area contributed by atoms with E-state index in [1.807, 2.05) is 4.90 Å². The Labute approximate surface area is 160 Å². The van der Waals surface area contributed by atoms with E-state index >= 15 is 0 Å². The molecule has 0 spiro atoms. The van der Waals surface area contributed by atoms with Crippen LogP contribution in [0.15, 0.2) is 10.9 Å². The quantitative estimate of drug-likeness (QED) is 0.776. The zero-order chi connectivity index (χ0) is 18.8. The van der Waals surface area contributed by atoms with Crippen molar-refractivity contribution in [1.82, 2.24) is 19.6 Å². The van der Waals surface area contributed by atoms with Crippen molar-refractivity contribution in [2.75, 3.05) is 39.3 Å². The average Bonchev–Trinajstić information content (AvgIpc) is 3.11. The van der Waals surface area contributed by atoms with Crippen LogP contribution in [0.3, 0.4) is 0 Å². The molecule has 1 atom stereocenters. The second-order valence-electron chi connectivity index (χ2n) is 8.19. The monoisotopic (exact) mass is 374 g/mol. The normalized spacial score (nSPS) is 24.2. The molecule has 2 saturated heterocycles. The summed E-state index contributed by atoms with van der Waals surface area (Å²) in [6.07, 6.45) is 5.39. The van der Waals surface area contributed by atoms with Crippen molar-refractivity contribution in [3.63, 3.8) is 0 Å². The third-order valence-electron chi connectivity index (χ3n) is 6.21. The molecule has 27 heavy (non-hydrogen) atoms. The van der Waals surface area contributed by atoms with Crippen LogP contribution in [0.4, 0.5) is 0 Å². The first-order valence-electron chi connectivity index (χ1n) is 10.3. The first kappa shape index (κ1) is 18.6. The molecule has 2 aliphatic heterocycles. The molecule has 7 heteroatoms. The van der Waals surface area contributed by atoms with E-state index in [-0.39, 0.29) is 17.6 Å². The van der Waals surface area contributed by atoms with Crippen LogP contribution in [-0.4, -0.2) is 70.9 Å². The van der Waals surface area contributed by atoms with Crippen LogP contribution in [0.25, 0.3) is 0 Å². The molecule has 3 aliphatic rings. The summed E-state index contributed by atoms with van der Waals surface area (Å²) in [7, 11) is 0. The van der Waals surface area contributed by atoms with Gasteiger partial charge in [0.05, 0.1) is 18.4 Å². The Morgan fingerprint density at radius 1 is 1.22 bits per heavy atom. The van der Waals surface area contributed by atoms with Gasteiger partial charge in [0, 0.05) is 39.2 Å². The highest BCUT2D eigenvalue weighted by Gasteiger charge is 2.27. The van der Waals surface area contributed by atoms with Crippen LogP contribution in [0, 0.1) is 5.92 Å². The van der Waals surface area contributed by atoms with Gasteiger partial charge < -0.3 is 14.5 Å². The van der Waals surface area contributed by atoms with Crippen molar-refractivity contribution in [2.24, 2.45) is 5.92 Å². The molecule has 4 rings (SSSR count). The predicted molar refractivity (Wildman–Crippen MR) is 102 cm³/mol. The van der Waals surface area contributed by atoms with E-state index in [2.05, 4.69) is 10.00 Å². The summed E-state index contributed by atoms with van der Waals surface area (Å²) >= 11 is 0. The molecule has 1 aliphatic carbocycles. The van der Waals surface area contributed by atoms with Crippen LogP contribution in [-0.2, 0) is 28.9 Å². The number of carbonyl (C=O) groups is 1. The number of hydrogen-bond donors (Lipinski definition) is 0. The fourth-order valence-electron chi connectivity index (χ4n) is 4.57. The summed E-state index contributed by atoms with van der Waals surface area (Å²) in [5.74, 6) is 0.640. The van der Waals surface area contributed by atoms with Crippen LogP contribution in [0.5, 0.6) is 0 Å². The number of hydrogen-bond acceptors (Lipinski definition) is 5. The molecule has 1 amide bonds. The van der Waals surface area contributed by atoms with Crippen LogP contribution in [0.1, 0.15) is 37.4 Å². The molecule has 1 unspecified atom stereocenters. The van der Waals surface area contributed by atoms with Crippen molar-refractivity contribution in [2.45, 2.75) is 51.7 Å². The van der Waals surface area contributed by atoms with Crippen molar-refractivity contribution in [3.05, 3.63) is 27.7 Å². The lowest BCUT2D eigenvalue weighted by atomic mass is 9.96. The van der Waals surface area contributed by atoms with Gasteiger partial charge in [0.15, 0.2) is 0 Å². The first-order valence-corrected chi connectivity index (χ1v) is 10.3. The maximum Gasteiger partial charge on any atom is 0.267 e. The highest BCUT2D eigenvalue weighted by molar-refractivity contribution is 5.73. The maximum atomic E-state index is 12.3. The first-order chi connectivity index (χ1) is 13.1. The van der Waals surface area contributed by atoms with Crippen molar-refractivity contribution >= 4 is 5.91 Å². The SMILES string of the molecule is CC(=O)N1CCOC(CN2CCC(Cn3nc4c(cc3=O)CCC4)CC2)C1. The minimum absolute atomic E-state index is 0.0537. The van der Waals surface area contributed by atoms with Crippen molar-refractivity contribution in [1.29, 1.82) is 0 Å². The summed E-state index contributed by atoms with van der Waals surface area (Å²) in [5.41, 5.74) is 2.33. The number of piperidine rings is 1. The van der Waals surface area contributed by atoms with E-state index in [1.54, 1.807) is 17.7 Å². The molecule has 0 saturated carbocycles. The van der Waals surface area contributed by atoms with E-state index in [1.165, 1.54) is 0 Å². The Kier molecular flexibility index (Phi) is 5.59. The van der Waals surface area contributed by atoms with Crippen LogP contribution >= 0.6 is 0 Å². The largest absolute Gasteiger partial charge is 0.373 e. The fraction of sp³-hybridized carbons (Fsp3) is 0.750. The number of likely N-dealkylation sites (tertiary alicyclic amines) is 1. The number of aryl methyl sites for hydroxylation is 2. The fourth-order valence-corrected chi connectivity index (χ4v) is 4.57. The molecule has 1 aromatic rings. The van der Waals surface area contributed by atoms with E-state index in [0.717, 1.165) is 69.5 Å². The molecule has 0 radical (unpaired) electrons. The van der Waals surface area contributed by atoms with Crippen LogP contribution < -0.4 is 5.56 Å². The lowest BCUT2D eigenvalue weighted by Crippen LogP contribution is -2.50. The number of amides is 1. The number of ether oxygens (including phenoxy) is 1. The number of aromatic nitrogens is 2. The summed E-state index contributed by atoms with van der Waals surface area (Å²) < 4.78 is 7.54. The number of fused-ring (bicyclic) bond motifs is 1. The number of morpholine rings is 1. The molecular formula is C20H30N4O3.